The highest BCUT2D eigenvalue weighted by atomic mass is 16.1. The van der Waals surface area contributed by atoms with Crippen molar-refractivity contribution in [2.24, 2.45) is 16.7 Å². The molecule has 2 atom stereocenters. The Labute approximate surface area is 115 Å². The molecule has 100 valence electrons. The van der Waals surface area contributed by atoms with Gasteiger partial charge < -0.3 is 0 Å². The largest absolute Gasteiger partial charge is 0.299 e. The summed E-state index contributed by atoms with van der Waals surface area (Å²) in [6.45, 7) is 6.73. The van der Waals surface area contributed by atoms with Crippen LogP contribution in [0.5, 0.6) is 0 Å². The molecule has 2 aliphatic carbocycles. The van der Waals surface area contributed by atoms with Crippen molar-refractivity contribution in [1.82, 2.24) is 0 Å². The molecule has 0 heterocycles. The lowest BCUT2D eigenvalue weighted by molar-refractivity contribution is -0.126. The van der Waals surface area contributed by atoms with Crippen molar-refractivity contribution in [3.63, 3.8) is 0 Å². The van der Waals surface area contributed by atoms with Crippen LogP contribution in [0.4, 0.5) is 0 Å². The molecule has 0 N–H and O–H groups in total. The zero-order chi connectivity index (χ0) is 13.7. The monoisotopic (exact) mass is 254 g/mol. The first-order valence-corrected chi connectivity index (χ1v) is 7.25. The number of rotatable bonds is 2. The van der Waals surface area contributed by atoms with Crippen LogP contribution in [-0.2, 0) is 4.79 Å². The molecule has 0 spiro atoms. The van der Waals surface area contributed by atoms with Gasteiger partial charge in [0.25, 0.3) is 0 Å². The number of Topliss-reactive ketones (excluding diaryl/α,β-unsaturated/α-hetero) is 1. The SMILES string of the molecule is C/C(=C\c1ccccc1)C12CCC(CC1=O)C2(C)C. The first kappa shape index (κ1) is 12.7. The number of hydrogen-bond donors (Lipinski definition) is 0. The Bertz CT molecular complexity index is 538. The second kappa shape index (κ2) is 4.06. The van der Waals surface area contributed by atoms with Crippen molar-refractivity contribution in [3.8, 4) is 0 Å². The van der Waals surface area contributed by atoms with Gasteiger partial charge in [-0.15, -0.1) is 0 Å². The Morgan fingerprint density at radius 1 is 1.26 bits per heavy atom. The fourth-order valence-electron chi connectivity index (χ4n) is 4.52. The van der Waals surface area contributed by atoms with Gasteiger partial charge in [-0.05, 0) is 36.7 Å². The highest BCUT2D eigenvalue weighted by molar-refractivity contribution is 5.93. The molecule has 2 aliphatic rings. The molecule has 1 heteroatoms. The molecule has 0 radical (unpaired) electrons. The van der Waals surface area contributed by atoms with E-state index < -0.39 is 0 Å². The summed E-state index contributed by atoms with van der Waals surface area (Å²) in [5, 5.41) is 0. The van der Waals surface area contributed by atoms with Crippen LogP contribution in [0, 0.1) is 16.7 Å². The van der Waals surface area contributed by atoms with E-state index in [0.717, 1.165) is 12.8 Å². The minimum Gasteiger partial charge on any atom is -0.299 e. The molecule has 0 amide bonds. The van der Waals surface area contributed by atoms with E-state index in [9.17, 15) is 4.79 Å². The first-order valence-electron chi connectivity index (χ1n) is 7.25. The molecule has 1 aromatic rings. The van der Waals surface area contributed by atoms with E-state index in [4.69, 9.17) is 0 Å². The summed E-state index contributed by atoms with van der Waals surface area (Å²) < 4.78 is 0. The standard InChI is InChI=1S/C18H22O/c1-13(11-14-7-5-4-6-8-14)18-10-9-15(12-16(18)19)17(18,2)3/h4-8,11,15H,9-10,12H2,1-3H3/b13-11+. The van der Waals surface area contributed by atoms with Crippen molar-refractivity contribution in [1.29, 1.82) is 0 Å². The zero-order valence-electron chi connectivity index (χ0n) is 12.1. The van der Waals surface area contributed by atoms with Crippen LogP contribution in [0.15, 0.2) is 35.9 Å². The van der Waals surface area contributed by atoms with Gasteiger partial charge in [0.1, 0.15) is 5.78 Å². The molecule has 0 aromatic heterocycles. The van der Waals surface area contributed by atoms with Gasteiger partial charge in [-0.2, -0.15) is 0 Å². The summed E-state index contributed by atoms with van der Waals surface area (Å²) in [4.78, 5) is 12.6. The lowest BCUT2D eigenvalue weighted by Gasteiger charge is -2.37. The van der Waals surface area contributed by atoms with E-state index in [1.165, 1.54) is 17.6 Å². The zero-order valence-corrected chi connectivity index (χ0v) is 12.1. The fraction of sp³-hybridized carbons (Fsp3) is 0.500. The molecule has 1 nitrogen and oxygen atoms in total. The van der Waals surface area contributed by atoms with Gasteiger partial charge in [-0.1, -0.05) is 55.8 Å². The summed E-state index contributed by atoms with van der Waals surface area (Å²) in [5.41, 5.74) is 2.38. The summed E-state index contributed by atoms with van der Waals surface area (Å²) in [6, 6.07) is 10.4. The Morgan fingerprint density at radius 2 is 1.95 bits per heavy atom. The molecule has 2 unspecified atom stereocenters. The molecule has 1 aromatic carbocycles. The van der Waals surface area contributed by atoms with E-state index in [2.05, 4.69) is 51.1 Å². The molecule has 0 aliphatic heterocycles. The fourth-order valence-corrected chi connectivity index (χ4v) is 4.52. The van der Waals surface area contributed by atoms with Crippen LogP contribution in [0.3, 0.4) is 0 Å². The van der Waals surface area contributed by atoms with Gasteiger partial charge in [0.15, 0.2) is 0 Å². The number of hydrogen-bond acceptors (Lipinski definition) is 1. The average Bonchev–Trinajstić information content (AvgIpc) is 2.74. The average molecular weight is 254 g/mol. The number of benzene rings is 1. The minimum atomic E-state index is -0.201. The Morgan fingerprint density at radius 3 is 2.47 bits per heavy atom. The Kier molecular flexibility index (Phi) is 2.70. The topological polar surface area (TPSA) is 17.1 Å². The van der Waals surface area contributed by atoms with Gasteiger partial charge in [0.2, 0.25) is 0 Å². The van der Waals surface area contributed by atoms with Crippen molar-refractivity contribution in [2.75, 3.05) is 0 Å². The van der Waals surface area contributed by atoms with Crippen molar-refractivity contribution < 1.29 is 4.79 Å². The minimum absolute atomic E-state index is 0.124. The third kappa shape index (κ3) is 1.57. The molecule has 2 saturated carbocycles. The molecule has 2 fully saturated rings. The Balaban J connectivity index is 2.05. The molecule has 0 saturated heterocycles. The summed E-state index contributed by atoms with van der Waals surface area (Å²) in [7, 11) is 0. The van der Waals surface area contributed by atoms with Crippen LogP contribution in [0.1, 0.15) is 45.6 Å². The van der Waals surface area contributed by atoms with Gasteiger partial charge >= 0.3 is 0 Å². The third-order valence-corrected chi connectivity index (χ3v) is 5.75. The summed E-state index contributed by atoms with van der Waals surface area (Å²) in [6.07, 6.45) is 5.25. The molecule has 2 bridgehead atoms. The maximum absolute atomic E-state index is 12.6. The quantitative estimate of drug-likeness (QED) is 0.760. The maximum atomic E-state index is 12.6. The number of carbonyl (C=O) groups excluding carboxylic acids is 1. The molecular formula is C18H22O. The predicted molar refractivity (Wildman–Crippen MR) is 78.7 cm³/mol. The number of ketones is 1. The van der Waals surface area contributed by atoms with Crippen molar-refractivity contribution in [3.05, 3.63) is 41.5 Å². The normalized spacial score (nSPS) is 32.9. The lowest BCUT2D eigenvalue weighted by atomic mass is 9.64. The Hall–Kier alpha value is -1.37. The van der Waals surface area contributed by atoms with Gasteiger partial charge in [-0.3, -0.25) is 4.79 Å². The highest BCUT2D eigenvalue weighted by Gasteiger charge is 2.64. The molecule has 19 heavy (non-hydrogen) atoms. The van der Waals surface area contributed by atoms with Crippen molar-refractivity contribution >= 4 is 11.9 Å². The van der Waals surface area contributed by atoms with Crippen LogP contribution in [-0.4, -0.2) is 5.78 Å². The van der Waals surface area contributed by atoms with E-state index in [1.54, 1.807) is 0 Å². The number of fused-ring (bicyclic) bond motifs is 2. The van der Waals surface area contributed by atoms with Crippen LogP contribution in [0.2, 0.25) is 0 Å². The number of allylic oxidation sites excluding steroid dienone is 1. The van der Waals surface area contributed by atoms with E-state index >= 15 is 0 Å². The third-order valence-electron chi connectivity index (χ3n) is 5.75. The number of carbonyl (C=O) groups is 1. The summed E-state index contributed by atoms with van der Waals surface area (Å²) in [5.74, 6) is 1.05. The van der Waals surface area contributed by atoms with Gasteiger partial charge in [0, 0.05) is 6.42 Å². The smallest absolute Gasteiger partial charge is 0.143 e. The van der Waals surface area contributed by atoms with E-state index in [-0.39, 0.29) is 10.8 Å². The maximum Gasteiger partial charge on any atom is 0.143 e. The van der Waals surface area contributed by atoms with Gasteiger partial charge in [-0.25, -0.2) is 0 Å². The second-order valence-corrected chi connectivity index (χ2v) is 6.73. The lowest BCUT2D eigenvalue weighted by Crippen LogP contribution is -2.36. The van der Waals surface area contributed by atoms with Gasteiger partial charge in [0.05, 0.1) is 5.41 Å². The van der Waals surface area contributed by atoms with Crippen LogP contribution < -0.4 is 0 Å². The molecule has 3 rings (SSSR count). The first-order chi connectivity index (χ1) is 8.98. The van der Waals surface area contributed by atoms with Crippen LogP contribution >= 0.6 is 0 Å². The highest BCUT2D eigenvalue weighted by Crippen LogP contribution is 2.66. The van der Waals surface area contributed by atoms with E-state index in [1.807, 2.05) is 6.07 Å². The van der Waals surface area contributed by atoms with Crippen LogP contribution in [0.25, 0.3) is 6.08 Å². The predicted octanol–water partition coefficient (Wildman–Crippen LogP) is 4.49. The second-order valence-electron chi connectivity index (χ2n) is 6.73. The van der Waals surface area contributed by atoms with Crippen molar-refractivity contribution in [2.45, 2.75) is 40.0 Å². The van der Waals surface area contributed by atoms with E-state index in [0.29, 0.717) is 11.7 Å². The molecular weight excluding hydrogens is 232 g/mol. The summed E-state index contributed by atoms with van der Waals surface area (Å²) >= 11 is 0.